The Balaban J connectivity index is 1.70. The Morgan fingerprint density at radius 1 is 0.969 bits per heavy atom. The minimum absolute atomic E-state index is 0.0674. The number of aromatic nitrogens is 2. The van der Waals surface area contributed by atoms with Gasteiger partial charge in [0.1, 0.15) is 5.75 Å². The molecule has 0 N–H and O–H groups in total. The van der Waals surface area contributed by atoms with Crippen LogP contribution >= 0.6 is 11.8 Å². The molecule has 0 aliphatic rings. The molecule has 0 saturated carbocycles. The van der Waals surface area contributed by atoms with Gasteiger partial charge in [0, 0.05) is 5.75 Å². The minimum Gasteiger partial charge on any atom is -0.497 e. The lowest BCUT2D eigenvalue weighted by atomic mass is 10.1. The van der Waals surface area contributed by atoms with Gasteiger partial charge in [0.05, 0.1) is 28.6 Å². The highest BCUT2D eigenvalue weighted by Crippen LogP contribution is 2.33. The predicted molar refractivity (Wildman–Crippen MR) is 116 cm³/mol. The summed E-state index contributed by atoms with van der Waals surface area (Å²) in [5.74, 6) is 0.774. The van der Waals surface area contributed by atoms with E-state index >= 15 is 0 Å². The first-order chi connectivity index (χ1) is 15.2. The van der Waals surface area contributed by atoms with Crippen molar-refractivity contribution in [3.63, 3.8) is 0 Å². The molecule has 0 amide bonds. The number of hydrogen-bond acceptors (Lipinski definition) is 5. The summed E-state index contributed by atoms with van der Waals surface area (Å²) in [6, 6.07) is 17.6. The van der Waals surface area contributed by atoms with Crippen molar-refractivity contribution in [2.24, 2.45) is 0 Å². The molecule has 5 nitrogen and oxygen atoms in total. The van der Waals surface area contributed by atoms with Crippen LogP contribution in [0.2, 0.25) is 0 Å². The second-order valence-electron chi connectivity index (χ2n) is 6.81. The number of rotatable bonds is 6. The van der Waals surface area contributed by atoms with Gasteiger partial charge in [-0.3, -0.25) is 0 Å². The lowest BCUT2D eigenvalue weighted by Gasteiger charge is -2.11. The zero-order chi connectivity index (χ0) is 22.9. The number of alkyl halides is 3. The van der Waals surface area contributed by atoms with Crippen LogP contribution in [0.1, 0.15) is 11.1 Å². The summed E-state index contributed by atoms with van der Waals surface area (Å²) in [6.45, 7) is 0. The molecular formula is C22H17F3N2O3S2. The molecular weight excluding hydrogens is 461 g/mol. The van der Waals surface area contributed by atoms with E-state index in [1.54, 1.807) is 36.4 Å². The van der Waals surface area contributed by atoms with E-state index in [0.717, 1.165) is 23.9 Å². The van der Waals surface area contributed by atoms with Gasteiger partial charge < -0.3 is 4.74 Å². The molecule has 0 atom stereocenters. The fourth-order valence-corrected chi connectivity index (χ4v) is 5.77. The van der Waals surface area contributed by atoms with Crippen molar-refractivity contribution in [2.75, 3.05) is 7.11 Å². The molecule has 4 rings (SSSR count). The molecule has 0 aliphatic carbocycles. The zero-order valence-corrected chi connectivity index (χ0v) is 18.3. The molecule has 166 valence electrons. The molecule has 1 heterocycles. The van der Waals surface area contributed by atoms with Crippen LogP contribution in [0, 0.1) is 0 Å². The third-order valence-electron chi connectivity index (χ3n) is 4.74. The van der Waals surface area contributed by atoms with Crippen LogP contribution < -0.4 is 4.74 Å². The van der Waals surface area contributed by atoms with E-state index in [9.17, 15) is 21.6 Å². The Morgan fingerprint density at radius 2 is 1.62 bits per heavy atom. The number of nitrogens with zero attached hydrogens (tertiary/aromatic N) is 2. The van der Waals surface area contributed by atoms with Crippen molar-refractivity contribution in [1.29, 1.82) is 0 Å². The van der Waals surface area contributed by atoms with Gasteiger partial charge in [-0.2, -0.15) is 13.2 Å². The van der Waals surface area contributed by atoms with E-state index in [1.807, 2.05) is 0 Å². The second kappa shape index (κ2) is 8.51. The Morgan fingerprint density at radius 3 is 2.25 bits per heavy atom. The Kier molecular flexibility index (Phi) is 5.91. The van der Waals surface area contributed by atoms with Crippen LogP contribution in [0.4, 0.5) is 13.2 Å². The average molecular weight is 479 g/mol. The fourth-order valence-electron chi connectivity index (χ4n) is 3.10. The maximum Gasteiger partial charge on any atom is 0.416 e. The molecule has 3 aromatic carbocycles. The van der Waals surface area contributed by atoms with Gasteiger partial charge in [0.15, 0.2) is 5.16 Å². The first-order valence-electron chi connectivity index (χ1n) is 9.36. The lowest BCUT2D eigenvalue weighted by molar-refractivity contribution is -0.137. The van der Waals surface area contributed by atoms with Crippen molar-refractivity contribution >= 4 is 32.8 Å². The first kappa shape index (κ1) is 22.2. The summed E-state index contributed by atoms with van der Waals surface area (Å²) in [5.41, 5.74) is 0.793. The van der Waals surface area contributed by atoms with Gasteiger partial charge in [0.25, 0.3) is 10.0 Å². The summed E-state index contributed by atoms with van der Waals surface area (Å²) < 4.78 is 71.5. The van der Waals surface area contributed by atoms with Crippen molar-refractivity contribution in [1.82, 2.24) is 8.96 Å². The third-order valence-corrected chi connectivity index (χ3v) is 7.58. The quantitative estimate of drug-likeness (QED) is 0.338. The van der Waals surface area contributed by atoms with Crippen LogP contribution in [0.3, 0.4) is 0 Å². The van der Waals surface area contributed by atoms with Gasteiger partial charge in [-0.1, -0.05) is 36.0 Å². The van der Waals surface area contributed by atoms with Crippen LogP contribution in [-0.2, 0) is 22.0 Å². The van der Waals surface area contributed by atoms with Crippen molar-refractivity contribution < 1.29 is 26.3 Å². The molecule has 0 spiro atoms. The number of ether oxygens (including phenoxy) is 1. The highest BCUT2D eigenvalue weighted by molar-refractivity contribution is 7.99. The highest BCUT2D eigenvalue weighted by atomic mass is 32.2. The number of hydrogen-bond donors (Lipinski definition) is 0. The predicted octanol–water partition coefficient (Wildman–Crippen LogP) is 5.59. The molecule has 10 heteroatoms. The monoisotopic (exact) mass is 478 g/mol. The molecule has 4 aromatic rings. The number of halogens is 3. The number of thioether (sulfide) groups is 1. The maximum atomic E-state index is 13.4. The van der Waals surface area contributed by atoms with Crippen LogP contribution in [0.25, 0.3) is 11.0 Å². The van der Waals surface area contributed by atoms with Crippen LogP contribution in [-0.4, -0.2) is 24.5 Å². The largest absolute Gasteiger partial charge is 0.497 e. The van der Waals surface area contributed by atoms with Crippen molar-refractivity contribution in [3.8, 4) is 5.75 Å². The molecule has 1 aromatic heterocycles. The number of para-hydroxylation sites is 2. The van der Waals surface area contributed by atoms with E-state index in [2.05, 4.69) is 4.98 Å². The number of fused-ring (bicyclic) bond motifs is 1. The molecule has 0 aliphatic heterocycles. The van der Waals surface area contributed by atoms with Gasteiger partial charge in [0.2, 0.25) is 0 Å². The molecule has 0 unspecified atom stereocenters. The summed E-state index contributed by atoms with van der Waals surface area (Å²) in [7, 11) is -2.49. The van der Waals surface area contributed by atoms with Crippen LogP contribution in [0.5, 0.6) is 5.75 Å². The second-order valence-corrected chi connectivity index (χ2v) is 9.54. The highest BCUT2D eigenvalue weighted by Gasteiger charge is 2.30. The van der Waals surface area contributed by atoms with Crippen molar-refractivity contribution in [3.05, 3.63) is 83.9 Å². The third kappa shape index (κ3) is 4.33. The minimum atomic E-state index is -4.41. The molecule has 0 radical (unpaired) electrons. The normalized spacial score (nSPS) is 12.2. The Hall–Kier alpha value is -2.98. The van der Waals surface area contributed by atoms with E-state index in [4.69, 9.17) is 4.74 Å². The molecule has 0 saturated heterocycles. The Labute approximate surface area is 186 Å². The summed E-state index contributed by atoms with van der Waals surface area (Å²) in [4.78, 5) is 4.52. The molecule has 0 fully saturated rings. The first-order valence-corrected chi connectivity index (χ1v) is 11.8. The van der Waals surface area contributed by atoms with E-state index in [0.29, 0.717) is 22.3 Å². The maximum absolute atomic E-state index is 13.4. The van der Waals surface area contributed by atoms with Gasteiger partial charge in [-0.05, 0) is 54.1 Å². The van der Waals surface area contributed by atoms with E-state index < -0.39 is 21.8 Å². The van der Waals surface area contributed by atoms with E-state index in [-0.39, 0.29) is 15.8 Å². The summed E-state index contributed by atoms with van der Waals surface area (Å²) >= 11 is 1.14. The topological polar surface area (TPSA) is 61.2 Å². The molecule has 0 bridgehead atoms. The van der Waals surface area contributed by atoms with Crippen LogP contribution in [0.15, 0.2) is 82.8 Å². The van der Waals surface area contributed by atoms with Gasteiger partial charge >= 0.3 is 6.18 Å². The standard InChI is InChI=1S/C22H17F3N2O3S2/c1-30-17-10-12-18(13-11-17)32(28,29)27-20-5-3-2-4-19(20)26-21(27)31-14-15-6-8-16(9-7-15)22(23,24)25/h2-13H,14H2,1H3. The SMILES string of the molecule is COc1ccc(S(=O)(=O)n2c(SCc3ccc(C(F)(F)F)cc3)nc3ccccc32)cc1. The fraction of sp³-hybridized carbons (Fsp3) is 0.136. The van der Waals surface area contributed by atoms with Gasteiger partial charge in [-0.25, -0.2) is 17.4 Å². The van der Waals surface area contributed by atoms with E-state index in [1.165, 1.54) is 35.3 Å². The number of benzene rings is 3. The molecule has 32 heavy (non-hydrogen) atoms. The lowest BCUT2D eigenvalue weighted by Crippen LogP contribution is -2.14. The smallest absolute Gasteiger partial charge is 0.416 e. The Bertz CT molecular complexity index is 1350. The van der Waals surface area contributed by atoms with Gasteiger partial charge in [-0.15, -0.1) is 0 Å². The number of methoxy groups -OCH3 is 1. The number of imidazole rings is 1. The zero-order valence-electron chi connectivity index (χ0n) is 16.7. The summed E-state index contributed by atoms with van der Waals surface area (Å²) in [5, 5.41) is 0.224. The van der Waals surface area contributed by atoms with Crippen molar-refractivity contribution in [2.45, 2.75) is 22.0 Å². The average Bonchev–Trinajstić information content (AvgIpc) is 3.16. The summed E-state index contributed by atoms with van der Waals surface area (Å²) in [6.07, 6.45) is -4.41.